The van der Waals surface area contributed by atoms with Gasteiger partial charge in [-0.2, -0.15) is 0 Å². The van der Waals surface area contributed by atoms with Crippen molar-refractivity contribution in [3.8, 4) is 0 Å². The number of aromatic nitrogens is 1. The summed E-state index contributed by atoms with van der Waals surface area (Å²) in [7, 11) is -0.995. The van der Waals surface area contributed by atoms with Crippen LogP contribution in [0, 0.1) is 0 Å². The molecular formula is C12H9NOS. The van der Waals surface area contributed by atoms with Gasteiger partial charge in [0.15, 0.2) is 0 Å². The fourth-order valence-corrected chi connectivity index (χ4v) is 2.96. The third kappa shape index (κ3) is 1.27. The van der Waals surface area contributed by atoms with E-state index in [0.29, 0.717) is 0 Å². The van der Waals surface area contributed by atoms with Gasteiger partial charge in [0.05, 0.1) is 21.4 Å². The molecular weight excluding hydrogens is 206 g/mol. The van der Waals surface area contributed by atoms with Gasteiger partial charge in [-0.3, -0.25) is 0 Å². The summed E-state index contributed by atoms with van der Waals surface area (Å²) in [5.41, 5.74) is 2.07. The Labute approximate surface area is 90.3 Å². The van der Waals surface area contributed by atoms with Gasteiger partial charge in [0.25, 0.3) is 0 Å². The fraction of sp³-hybridized carbons (Fsp3) is 0. The van der Waals surface area contributed by atoms with Gasteiger partial charge in [-0.25, -0.2) is 4.21 Å². The molecule has 1 unspecified atom stereocenters. The molecule has 3 rings (SSSR count). The van der Waals surface area contributed by atoms with Crippen LogP contribution in [-0.4, -0.2) is 8.78 Å². The zero-order valence-corrected chi connectivity index (χ0v) is 8.78. The molecule has 15 heavy (non-hydrogen) atoms. The van der Waals surface area contributed by atoms with Gasteiger partial charge >= 0.3 is 0 Å². The predicted molar refractivity (Wildman–Crippen MR) is 60.7 cm³/mol. The molecule has 0 N–H and O–H groups in total. The number of rotatable bonds is 1. The highest BCUT2D eigenvalue weighted by Crippen LogP contribution is 2.31. The van der Waals surface area contributed by atoms with Crippen molar-refractivity contribution in [2.45, 2.75) is 4.90 Å². The Balaban J connectivity index is 2.22. The number of nitrogens with zero attached hydrogens (tertiary/aromatic N) is 1. The maximum absolute atomic E-state index is 11.8. The lowest BCUT2D eigenvalue weighted by molar-refractivity contribution is 0.689. The van der Waals surface area contributed by atoms with Gasteiger partial charge in [0, 0.05) is 23.4 Å². The summed E-state index contributed by atoms with van der Waals surface area (Å²) in [5.74, 6) is 0. The van der Waals surface area contributed by atoms with E-state index in [0.717, 1.165) is 16.2 Å². The van der Waals surface area contributed by atoms with Crippen LogP contribution in [-0.2, 0) is 10.8 Å². The minimum absolute atomic E-state index is 0.904. The van der Waals surface area contributed by atoms with E-state index in [-0.39, 0.29) is 0 Å². The first-order valence-electron chi connectivity index (χ1n) is 4.71. The van der Waals surface area contributed by atoms with Crippen LogP contribution in [0.1, 0.15) is 5.56 Å². The topological polar surface area (TPSA) is 22.0 Å². The summed E-state index contributed by atoms with van der Waals surface area (Å²) in [5, 5.41) is 1.80. The summed E-state index contributed by atoms with van der Waals surface area (Å²) in [6, 6.07) is 11.7. The molecule has 2 aromatic rings. The number of hydrogen-bond acceptors (Lipinski definition) is 1. The fourth-order valence-electron chi connectivity index (χ4n) is 1.78. The Morgan fingerprint density at radius 1 is 1.00 bits per heavy atom. The van der Waals surface area contributed by atoms with Crippen molar-refractivity contribution in [3.63, 3.8) is 0 Å². The molecule has 0 saturated carbocycles. The average Bonchev–Trinajstić information content (AvgIpc) is 2.87. The Bertz CT molecular complexity index is 555. The highest BCUT2D eigenvalue weighted by atomic mass is 32.2. The Morgan fingerprint density at radius 2 is 1.73 bits per heavy atom. The normalized spacial score (nSPS) is 18.7. The lowest BCUT2D eigenvalue weighted by Crippen LogP contribution is -1.92. The van der Waals surface area contributed by atoms with Gasteiger partial charge in [-0.1, -0.05) is 18.2 Å². The molecule has 0 aliphatic carbocycles. The van der Waals surface area contributed by atoms with Crippen LogP contribution in [0.15, 0.2) is 59.1 Å². The molecule has 0 bridgehead atoms. The summed E-state index contributed by atoms with van der Waals surface area (Å²) in [6.45, 7) is 0. The van der Waals surface area contributed by atoms with Crippen molar-refractivity contribution >= 4 is 16.5 Å². The van der Waals surface area contributed by atoms with Gasteiger partial charge in [0.1, 0.15) is 0 Å². The van der Waals surface area contributed by atoms with Crippen LogP contribution >= 0.6 is 0 Å². The van der Waals surface area contributed by atoms with Crippen LogP contribution in [0.3, 0.4) is 0 Å². The van der Waals surface area contributed by atoms with E-state index in [4.69, 9.17) is 0 Å². The molecule has 1 atom stereocenters. The van der Waals surface area contributed by atoms with Crippen LogP contribution in [0.5, 0.6) is 0 Å². The largest absolute Gasteiger partial charge is 0.323 e. The van der Waals surface area contributed by atoms with E-state index in [1.807, 2.05) is 53.4 Å². The second kappa shape index (κ2) is 3.21. The smallest absolute Gasteiger partial charge is 0.0804 e. The molecule has 2 heterocycles. The summed E-state index contributed by atoms with van der Waals surface area (Å²) >= 11 is 0. The number of benzene rings is 1. The van der Waals surface area contributed by atoms with Crippen LogP contribution in [0.25, 0.3) is 5.70 Å². The molecule has 0 spiro atoms. The maximum atomic E-state index is 11.8. The summed E-state index contributed by atoms with van der Waals surface area (Å²) < 4.78 is 13.8. The molecule has 1 aromatic heterocycles. The lowest BCUT2D eigenvalue weighted by atomic mass is 10.2. The first kappa shape index (κ1) is 8.68. The Morgan fingerprint density at radius 3 is 2.53 bits per heavy atom. The Kier molecular flexibility index (Phi) is 1.86. The second-order valence-corrected chi connectivity index (χ2v) is 4.66. The number of hydrogen-bond donors (Lipinski definition) is 0. The van der Waals surface area contributed by atoms with Crippen molar-refractivity contribution in [2.75, 3.05) is 0 Å². The SMILES string of the molecule is O=S1C=C(n2cccc2)c2ccccc21. The van der Waals surface area contributed by atoms with Gasteiger partial charge in [-0.05, 0) is 18.2 Å². The minimum atomic E-state index is -0.995. The van der Waals surface area contributed by atoms with E-state index in [2.05, 4.69) is 0 Å². The van der Waals surface area contributed by atoms with E-state index >= 15 is 0 Å². The highest BCUT2D eigenvalue weighted by Gasteiger charge is 2.19. The molecule has 1 aliphatic rings. The molecule has 3 heteroatoms. The van der Waals surface area contributed by atoms with Crippen LogP contribution in [0.4, 0.5) is 0 Å². The third-order valence-corrected chi connectivity index (χ3v) is 3.71. The molecule has 0 fully saturated rings. The van der Waals surface area contributed by atoms with Crippen molar-refractivity contribution < 1.29 is 4.21 Å². The Hall–Kier alpha value is -1.61. The van der Waals surface area contributed by atoms with Crippen molar-refractivity contribution in [1.29, 1.82) is 0 Å². The minimum Gasteiger partial charge on any atom is -0.323 e. The third-order valence-electron chi connectivity index (χ3n) is 2.48. The summed E-state index contributed by atoms with van der Waals surface area (Å²) in [6.07, 6.45) is 3.93. The first-order chi connectivity index (χ1) is 7.36. The van der Waals surface area contributed by atoms with Gasteiger partial charge in [-0.15, -0.1) is 0 Å². The van der Waals surface area contributed by atoms with Crippen molar-refractivity contribution in [1.82, 2.24) is 4.57 Å². The lowest BCUT2D eigenvalue weighted by Gasteiger charge is -2.04. The van der Waals surface area contributed by atoms with E-state index in [9.17, 15) is 4.21 Å². The molecule has 1 aromatic carbocycles. The second-order valence-electron chi connectivity index (χ2n) is 3.39. The highest BCUT2D eigenvalue weighted by molar-refractivity contribution is 7.88. The number of fused-ring (bicyclic) bond motifs is 1. The molecule has 2 nitrogen and oxygen atoms in total. The molecule has 74 valence electrons. The monoisotopic (exact) mass is 215 g/mol. The van der Waals surface area contributed by atoms with E-state index in [1.165, 1.54) is 0 Å². The van der Waals surface area contributed by atoms with Gasteiger partial charge in [0.2, 0.25) is 0 Å². The van der Waals surface area contributed by atoms with Crippen LogP contribution in [0.2, 0.25) is 0 Å². The molecule has 0 radical (unpaired) electrons. The zero-order chi connectivity index (χ0) is 10.3. The summed E-state index contributed by atoms with van der Waals surface area (Å²) in [4.78, 5) is 0.904. The van der Waals surface area contributed by atoms with E-state index in [1.54, 1.807) is 5.41 Å². The van der Waals surface area contributed by atoms with Crippen LogP contribution < -0.4 is 0 Å². The standard InChI is InChI=1S/C12H9NOS/c14-15-9-11(13-7-3-4-8-13)10-5-1-2-6-12(10)15/h1-9H. The van der Waals surface area contributed by atoms with Gasteiger partial charge < -0.3 is 4.57 Å². The maximum Gasteiger partial charge on any atom is 0.0804 e. The zero-order valence-electron chi connectivity index (χ0n) is 7.96. The predicted octanol–water partition coefficient (Wildman–Crippen LogP) is 2.46. The van der Waals surface area contributed by atoms with Crippen molar-refractivity contribution in [2.24, 2.45) is 0 Å². The average molecular weight is 215 g/mol. The van der Waals surface area contributed by atoms with E-state index < -0.39 is 10.8 Å². The van der Waals surface area contributed by atoms with Crippen molar-refractivity contribution in [3.05, 3.63) is 59.8 Å². The molecule has 1 aliphatic heterocycles. The molecule has 0 saturated heterocycles. The quantitative estimate of drug-likeness (QED) is 0.716. The first-order valence-corrected chi connectivity index (χ1v) is 5.93. The molecule has 0 amide bonds.